The zero-order valence-corrected chi connectivity index (χ0v) is 17.2. The Hall–Kier alpha value is -2.98. The first-order valence-electron chi connectivity index (χ1n) is 9.42. The molecule has 0 aliphatic heterocycles. The van der Waals surface area contributed by atoms with Gasteiger partial charge in [0.05, 0.1) is 0 Å². The quantitative estimate of drug-likeness (QED) is 0.424. The van der Waals surface area contributed by atoms with E-state index in [1.807, 2.05) is 36.4 Å². The summed E-state index contributed by atoms with van der Waals surface area (Å²) in [4.78, 5) is 11.9. The van der Waals surface area contributed by atoms with Gasteiger partial charge in [0.1, 0.15) is 12.4 Å². The van der Waals surface area contributed by atoms with Crippen LogP contribution in [0, 0.1) is 0 Å². The SMILES string of the molecule is C=Cc1cc(-c2cccc(COc3ccc(CCC(=O)O)cc3)c2)ccc1SC. The van der Waals surface area contributed by atoms with Crippen molar-refractivity contribution in [2.45, 2.75) is 24.3 Å². The van der Waals surface area contributed by atoms with Crippen LogP contribution in [0.1, 0.15) is 23.1 Å². The number of aliphatic carboxylic acids is 1. The second kappa shape index (κ2) is 9.99. The monoisotopic (exact) mass is 404 g/mol. The number of hydrogen-bond acceptors (Lipinski definition) is 3. The van der Waals surface area contributed by atoms with Crippen LogP contribution in [0.4, 0.5) is 0 Å². The lowest BCUT2D eigenvalue weighted by Gasteiger charge is -2.10. The third kappa shape index (κ3) is 5.75. The minimum atomic E-state index is -0.784. The average Bonchev–Trinajstić information content (AvgIpc) is 2.76. The summed E-state index contributed by atoms with van der Waals surface area (Å²) in [7, 11) is 0. The Bertz CT molecular complexity index is 993. The molecule has 0 fully saturated rings. The normalized spacial score (nSPS) is 10.5. The molecule has 0 aliphatic carbocycles. The first-order chi connectivity index (χ1) is 14.1. The summed E-state index contributed by atoms with van der Waals surface area (Å²) in [5.74, 6) is -0.0127. The summed E-state index contributed by atoms with van der Waals surface area (Å²) >= 11 is 1.72. The Labute approximate surface area is 176 Å². The molecule has 0 amide bonds. The van der Waals surface area contributed by atoms with Gasteiger partial charge < -0.3 is 9.84 Å². The zero-order valence-electron chi connectivity index (χ0n) is 16.4. The predicted octanol–water partition coefficient (Wildman–Crippen LogP) is 6.31. The van der Waals surface area contributed by atoms with Crippen LogP contribution >= 0.6 is 11.8 Å². The predicted molar refractivity (Wildman–Crippen MR) is 120 cm³/mol. The van der Waals surface area contributed by atoms with Crippen LogP contribution in [0.3, 0.4) is 0 Å². The van der Waals surface area contributed by atoms with Gasteiger partial charge >= 0.3 is 5.97 Å². The molecule has 0 unspecified atom stereocenters. The molecule has 3 aromatic rings. The summed E-state index contributed by atoms with van der Waals surface area (Å²) < 4.78 is 5.91. The molecule has 4 heteroatoms. The van der Waals surface area contributed by atoms with Gasteiger partial charge in [-0.2, -0.15) is 0 Å². The molecule has 0 spiro atoms. The van der Waals surface area contributed by atoms with Crippen molar-refractivity contribution in [3.05, 3.63) is 90.0 Å². The molecule has 148 valence electrons. The van der Waals surface area contributed by atoms with Crippen molar-refractivity contribution in [1.29, 1.82) is 0 Å². The Morgan fingerprint density at radius 1 is 1.03 bits per heavy atom. The number of rotatable bonds is 9. The lowest BCUT2D eigenvalue weighted by molar-refractivity contribution is -0.136. The number of carboxylic acid groups (broad SMARTS) is 1. The third-order valence-corrected chi connectivity index (χ3v) is 5.48. The van der Waals surface area contributed by atoms with Gasteiger partial charge in [0.15, 0.2) is 0 Å². The van der Waals surface area contributed by atoms with E-state index < -0.39 is 5.97 Å². The van der Waals surface area contributed by atoms with E-state index in [0.29, 0.717) is 13.0 Å². The molecule has 0 heterocycles. The summed E-state index contributed by atoms with van der Waals surface area (Å²) in [6.45, 7) is 4.39. The molecule has 3 rings (SSSR count). The van der Waals surface area contributed by atoms with Crippen molar-refractivity contribution in [2.75, 3.05) is 6.26 Å². The summed E-state index contributed by atoms with van der Waals surface area (Å²) in [6.07, 6.45) is 4.62. The van der Waals surface area contributed by atoms with Crippen molar-refractivity contribution >= 4 is 23.8 Å². The van der Waals surface area contributed by atoms with Crippen LogP contribution in [0.2, 0.25) is 0 Å². The molecule has 0 saturated carbocycles. The van der Waals surface area contributed by atoms with Crippen LogP contribution in [0.15, 0.2) is 78.2 Å². The summed E-state index contributed by atoms with van der Waals surface area (Å²) in [5, 5.41) is 8.77. The second-order valence-electron chi connectivity index (χ2n) is 6.69. The molecular formula is C25H24O3S. The highest BCUT2D eigenvalue weighted by molar-refractivity contribution is 7.98. The number of carboxylic acids is 1. The first-order valence-corrected chi connectivity index (χ1v) is 10.6. The van der Waals surface area contributed by atoms with E-state index in [1.54, 1.807) is 11.8 Å². The van der Waals surface area contributed by atoms with E-state index >= 15 is 0 Å². The van der Waals surface area contributed by atoms with Gasteiger partial charge in [-0.25, -0.2) is 0 Å². The topological polar surface area (TPSA) is 46.5 Å². The van der Waals surface area contributed by atoms with Gasteiger partial charge in [-0.3, -0.25) is 4.79 Å². The van der Waals surface area contributed by atoms with E-state index in [0.717, 1.165) is 33.6 Å². The van der Waals surface area contributed by atoms with Crippen molar-refractivity contribution in [1.82, 2.24) is 0 Å². The Balaban J connectivity index is 1.67. The Morgan fingerprint density at radius 3 is 2.48 bits per heavy atom. The smallest absolute Gasteiger partial charge is 0.303 e. The van der Waals surface area contributed by atoms with Gasteiger partial charge in [0, 0.05) is 11.3 Å². The standard InChI is InChI=1S/C25H24O3S/c1-3-20-16-22(10-13-24(20)29-2)21-6-4-5-19(15-21)17-28-23-11-7-18(8-12-23)9-14-25(26)27/h3-8,10-13,15-16H,1,9,14,17H2,2H3,(H,26,27). The van der Waals surface area contributed by atoms with Crippen LogP contribution in [0.25, 0.3) is 17.2 Å². The van der Waals surface area contributed by atoms with Gasteiger partial charge in [-0.15, -0.1) is 11.8 Å². The Morgan fingerprint density at radius 2 is 1.79 bits per heavy atom. The fourth-order valence-corrected chi connectivity index (χ4v) is 3.67. The molecule has 0 aromatic heterocycles. The van der Waals surface area contributed by atoms with Crippen LogP contribution in [-0.4, -0.2) is 17.3 Å². The molecule has 1 N–H and O–H groups in total. The van der Waals surface area contributed by atoms with Crippen LogP contribution in [-0.2, 0) is 17.8 Å². The molecule has 0 bridgehead atoms. The highest BCUT2D eigenvalue weighted by Gasteiger charge is 2.05. The largest absolute Gasteiger partial charge is 0.489 e. The molecule has 0 atom stereocenters. The maximum Gasteiger partial charge on any atom is 0.303 e. The molecule has 3 nitrogen and oxygen atoms in total. The summed E-state index contributed by atoms with van der Waals surface area (Å²) in [6, 6.07) is 22.4. The molecule has 29 heavy (non-hydrogen) atoms. The number of hydrogen-bond donors (Lipinski definition) is 1. The average molecular weight is 405 g/mol. The van der Waals surface area contributed by atoms with Crippen LogP contribution in [0.5, 0.6) is 5.75 Å². The molecular weight excluding hydrogens is 380 g/mol. The van der Waals surface area contributed by atoms with E-state index in [1.165, 1.54) is 4.90 Å². The highest BCUT2D eigenvalue weighted by atomic mass is 32.2. The van der Waals surface area contributed by atoms with Crippen molar-refractivity contribution in [3.63, 3.8) is 0 Å². The fourth-order valence-electron chi connectivity index (χ4n) is 3.08. The van der Waals surface area contributed by atoms with Gasteiger partial charge in [0.25, 0.3) is 0 Å². The lowest BCUT2D eigenvalue weighted by atomic mass is 10.0. The number of benzene rings is 3. The molecule has 0 saturated heterocycles. The lowest BCUT2D eigenvalue weighted by Crippen LogP contribution is -1.98. The molecule has 3 aromatic carbocycles. The van der Waals surface area contributed by atoms with Crippen molar-refractivity contribution in [3.8, 4) is 16.9 Å². The van der Waals surface area contributed by atoms with Gasteiger partial charge in [-0.1, -0.05) is 49.1 Å². The Kier molecular flexibility index (Phi) is 7.14. The number of aryl methyl sites for hydroxylation is 1. The first kappa shape index (κ1) is 20.7. The summed E-state index contributed by atoms with van der Waals surface area (Å²) in [5.41, 5.74) is 5.52. The van der Waals surface area contributed by atoms with Crippen molar-refractivity contribution < 1.29 is 14.6 Å². The fraction of sp³-hybridized carbons (Fsp3) is 0.160. The minimum Gasteiger partial charge on any atom is -0.489 e. The highest BCUT2D eigenvalue weighted by Crippen LogP contribution is 2.28. The maximum atomic E-state index is 10.7. The number of thioether (sulfide) groups is 1. The molecule has 0 radical (unpaired) electrons. The van der Waals surface area contributed by atoms with E-state index in [4.69, 9.17) is 9.84 Å². The van der Waals surface area contributed by atoms with Crippen molar-refractivity contribution in [2.24, 2.45) is 0 Å². The second-order valence-corrected chi connectivity index (χ2v) is 7.54. The zero-order chi connectivity index (χ0) is 20.6. The van der Waals surface area contributed by atoms with E-state index in [9.17, 15) is 4.79 Å². The third-order valence-electron chi connectivity index (χ3n) is 4.67. The minimum absolute atomic E-state index is 0.137. The van der Waals surface area contributed by atoms with E-state index in [2.05, 4.69) is 49.2 Å². The number of ether oxygens (including phenoxy) is 1. The maximum absolute atomic E-state index is 10.7. The van der Waals surface area contributed by atoms with E-state index in [-0.39, 0.29) is 6.42 Å². The molecule has 0 aliphatic rings. The number of carbonyl (C=O) groups is 1. The van der Waals surface area contributed by atoms with Gasteiger partial charge in [0.2, 0.25) is 0 Å². The van der Waals surface area contributed by atoms with Gasteiger partial charge in [-0.05, 0) is 70.8 Å². The van der Waals surface area contributed by atoms with Crippen LogP contribution < -0.4 is 4.74 Å².